The second kappa shape index (κ2) is 24.8. The molecule has 3 aliphatic rings. The molecule has 0 saturated heterocycles. The minimum absolute atomic E-state index is 0.0198. The lowest BCUT2D eigenvalue weighted by molar-refractivity contribution is -0.256. The molecule has 1 amide bonds. The van der Waals surface area contributed by atoms with Gasteiger partial charge in [0.2, 0.25) is 5.79 Å². The highest BCUT2D eigenvalue weighted by Crippen LogP contribution is 2.62. The largest absolute Gasteiger partial charge is 0.459 e. The molecule has 2 aliphatic carbocycles. The summed E-state index contributed by atoms with van der Waals surface area (Å²) in [5, 5.41) is 27.1. The van der Waals surface area contributed by atoms with Gasteiger partial charge in [0.05, 0.1) is 38.0 Å². The van der Waals surface area contributed by atoms with Gasteiger partial charge in [-0.25, -0.2) is 4.79 Å². The van der Waals surface area contributed by atoms with Crippen molar-refractivity contribution in [2.45, 2.75) is 82.8 Å². The van der Waals surface area contributed by atoms with Crippen LogP contribution in [0.15, 0.2) is 175 Å². The van der Waals surface area contributed by atoms with Gasteiger partial charge in [-0.3, -0.25) is 4.90 Å². The summed E-state index contributed by atoms with van der Waals surface area (Å²) >= 11 is 0. The molecule has 6 atom stereocenters. The van der Waals surface area contributed by atoms with Crippen LogP contribution < -0.4 is 9.47 Å². The van der Waals surface area contributed by atoms with Gasteiger partial charge in [0, 0.05) is 31.1 Å². The number of oxime groups is 1. The van der Waals surface area contributed by atoms with Crippen LogP contribution >= 0.6 is 0 Å². The SMILES string of the molecule is C=CCO[C@@]12Oc3ccc(Oc4ccc(-c5ccccc5)cc4)cc3[C@H]3[C@H](CCCCO)[C@@H](CCCCO)C=C(C(=NOCC)C[C@@H]1N(Cc1cccc4ccccc14)C(=O)OCCOCc1ccccc1)[C@H]32. The monoisotopic (exact) mass is 984 g/mol. The summed E-state index contributed by atoms with van der Waals surface area (Å²) in [5.74, 6) is -0.170. The molecule has 0 radical (unpaired) electrons. The molecule has 380 valence electrons. The van der Waals surface area contributed by atoms with E-state index in [1.807, 2.05) is 97.9 Å². The van der Waals surface area contributed by atoms with Crippen molar-refractivity contribution in [2.75, 3.05) is 39.6 Å². The van der Waals surface area contributed by atoms with Gasteiger partial charge in [0.25, 0.3) is 0 Å². The van der Waals surface area contributed by atoms with E-state index in [2.05, 4.69) is 67.3 Å². The minimum Gasteiger partial charge on any atom is -0.459 e. The van der Waals surface area contributed by atoms with Gasteiger partial charge in [-0.2, -0.15) is 0 Å². The van der Waals surface area contributed by atoms with Crippen LogP contribution in [0.1, 0.15) is 74.5 Å². The standard InChI is InChI=1S/C62H68N2O9/c1-3-36-70-62-58(64(42-49-25-17-24-47-22-11-12-26-52(47)49)61(67)69-38-37-68-43-44-18-7-5-8-19-44)41-56(63-71-4-2)54-39-48(23-13-15-34-65)53(27-14-16-35-66)59(60(54)62)55-40-51(32-33-57(55)73-62)72-50-30-28-46(29-31-50)45-20-9-6-10-21-45/h3,5-12,17-22,24-26,28-33,39-40,48,53,58-60,65-66H,1,4,13-16,23,27,34-38,41-43H2,2H3/t48-,53+,58-,59+,60+,62+/m0/s1. The second-order valence-electron chi connectivity index (χ2n) is 19.1. The Balaban J connectivity index is 1.17. The molecule has 9 rings (SSSR count). The highest BCUT2D eigenvalue weighted by atomic mass is 16.7. The fourth-order valence-electron chi connectivity index (χ4n) is 11.3. The van der Waals surface area contributed by atoms with Gasteiger partial charge in [0.1, 0.15) is 36.5 Å². The van der Waals surface area contributed by atoms with Gasteiger partial charge in [0.15, 0.2) is 0 Å². The number of aliphatic hydroxyl groups is 2. The lowest BCUT2D eigenvalue weighted by Gasteiger charge is -2.59. The maximum Gasteiger partial charge on any atom is 0.410 e. The van der Waals surface area contributed by atoms with E-state index in [0.29, 0.717) is 49.0 Å². The topological polar surface area (TPSA) is 129 Å². The van der Waals surface area contributed by atoms with Crippen molar-refractivity contribution in [3.63, 3.8) is 0 Å². The molecule has 0 spiro atoms. The van der Waals surface area contributed by atoms with E-state index in [4.69, 9.17) is 33.7 Å². The van der Waals surface area contributed by atoms with E-state index in [9.17, 15) is 10.2 Å². The number of hydrogen-bond donors (Lipinski definition) is 2. The number of allylic oxidation sites excluding steroid dienone is 1. The van der Waals surface area contributed by atoms with E-state index >= 15 is 4.79 Å². The number of fused-ring (bicyclic) bond motifs is 3. The van der Waals surface area contributed by atoms with Crippen molar-refractivity contribution in [2.24, 2.45) is 22.9 Å². The molecule has 6 aromatic carbocycles. The first-order valence-electron chi connectivity index (χ1n) is 26.0. The molecule has 1 aliphatic heterocycles. The maximum absolute atomic E-state index is 15.2. The molecule has 1 fully saturated rings. The number of hydrogen-bond acceptors (Lipinski definition) is 10. The fraction of sp³-hybridized carbons (Fsp3) is 0.355. The van der Waals surface area contributed by atoms with E-state index in [0.717, 1.165) is 69.8 Å². The number of aliphatic hydroxyl groups excluding tert-OH is 2. The first-order valence-corrected chi connectivity index (χ1v) is 26.0. The molecule has 73 heavy (non-hydrogen) atoms. The molecular formula is C62H68N2O9. The Morgan fingerprint density at radius 3 is 2.29 bits per heavy atom. The maximum atomic E-state index is 15.2. The summed E-state index contributed by atoms with van der Waals surface area (Å²) in [6, 6.07) is 47.8. The van der Waals surface area contributed by atoms with Crippen LogP contribution in [0.5, 0.6) is 17.2 Å². The molecule has 11 heteroatoms. The van der Waals surface area contributed by atoms with E-state index in [-0.39, 0.29) is 63.8 Å². The molecule has 2 N–H and O–H groups in total. The fourth-order valence-corrected chi connectivity index (χ4v) is 11.3. The molecule has 1 saturated carbocycles. The Bertz CT molecular complexity index is 2810. The molecule has 0 aromatic heterocycles. The van der Waals surface area contributed by atoms with Gasteiger partial charge in [-0.1, -0.05) is 145 Å². The average Bonchev–Trinajstić information content (AvgIpc) is 3.43. The smallest absolute Gasteiger partial charge is 0.410 e. The van der Waals surface area contributed by atoms with E-state index in [1.54, 1.807) is 11.0 Å². The van der Waals surface area contributed by atoms with E-state index < -0.39 is 23.8 Å². The van der Waals surface area contributed by atoms with Crippen LogP contribution in [0.2, 0.25) is 0 Å². The summed E-state index contributed by atoms with van der Waals surface area (Å²) in [7, 11) is 0. The van der Waals surface area contributed by atoms with Gasteiger partial charge in [-0.15, -0.1) is 6.58 Å². The zero-order valence-corrected chi connectivity index (χ0v) is 41.9. The summed E-state index contributed by atoms with van der Waals surface area (Å²) in [6.07, 6.45) is 8.32. The van der Waals surface area contributed by atoms with Gasteiger partial charge < -0.3 is 38.7 Å². The number of amides is 1. The Morgan fingerprint density at radius 1 is 0.808 bits per heavy atom. The van der Waals surface area contributed by atoms with Gasteiger partial charge >= 0.3 is 6.09 Å². The number of ether oxygens (including phenoxy) is 5. The Hall–Kier alpha value is -6.76. The quantitative estimate of drug-likeness (QED) is 0.0346. The molecule has 0 bridgehead atoms. The number of benzene rings is 6. The third-order valence-corrected chi connectivity index (χ3v) is 14.5. The Kier molecular flexibility index (Phi) is 17.4. The highest BCUT2D eigenvalue weighted by molar-refractivity contribution is 6.03. The highest BCUT2D eigenvalue weighted by Gasteiger charge is 2.65. The summed E-state index contributed by atoms with van der Waals surface area (Å²) in [4.78, 5) is 23.0. The van der Waals surface area contributed by atoms with Crippen molar-refractivity contribution >= 4 is 22.6 Å². The van der Waals surface area contributed by atoms with Crippen LogP contribution in [0.3, 0.4) is 0 Å². The van der Waals surface area contributed by atoms with E-state index in [1.165, 1.54) is 0 Å². The lowest BCUT2D eigenvalue weighted by atomic mass is 9.55. The molecule has 0 unspecified atom stereocenters. The Morgan fingerprint density at radius 2 is 1.52 bits per heavy atom. The third kappa shape index (κ3) is 11.7. The molecule has 1 heterocycles. The molecule has 11 nitrogen and oxygen atoms in total. The minimum atomic E-state index is -1.49. The van der Waals surface area contributed by atoms with Crippen LogP contribution in [-0.2, 0) is 32.2 Å². The summed E-state index contributed by atoms with van der Waals surface area (Å²) < 4.78 is 33.7. The molecular weight excluding hydrogens is 917 g/mol. The zero-order chi connectivity index (χ0) is 50.4. The van der Waals surface area contributed by atoms with Crippen molar-refractivity contribution in [3.8, 4) is 28.4 Å². The third-order valence-electron chi connectivity index (χ3n) is 14.5. The predicted molar refractivity (Wildman–Crippen MR) is 285 cm³/mol. The van der Waals surface area contributed by atoms with Crippen molar-refractivity contribution in [3.05, 3.63) is 187 Å². The lowest BCUT2D eigenvalue weighted by Crippen LogP contribution is -2.70. The molecule has 6 aromatic rings. The van der Waals surface area contributed by atoms with Crippen LogP contribution in [0.25, 0.3) is 21.9 Å². The summed E-state index contributed by atoms with van der Waals surface area (Å²) in [5.41, 5.74) is 6.79. The number of rotatable bonds is 24. The number of carbonyl (C=O) groups is 1. The van der Waals surface area contributed by atoms with Crippen LogP contribution in [-0.4, -0.2) is 78.4 Å². The normalized spacial score (nSPS) is 21.3. The van der Waals surface area contributed by atoms with Crippen molar-refractivity contribution < 1.29 is 43.5 Å². The van der Waals surface area contributed by atoms with Gasteiger partial charge in [-0.05, 0) is 113 Å². The number of carbonyl (C=O) groups excluding carboxylic acids is 1. The first kappa shape index (κ1) is 51.2. The zero-order valence-electron chi connectivity index (χ0n) is 41.9. The Labute approximate surface area is 429 Å². The predicted octanol–water partition coefficient (Wildman–Crippen LogP) is 12.8. The van der Waals surface area contributed by atoms with Crippen LogP contribution in [0.4, 0.5) is 4.79 Å². The summed E-state index contributed by atoms with van der Waals surface area (Å²) in [6.45, 7) is 7.45. The van der Waals surface area contributed by atoms with Crippen molar-refractivity contribution in [1.29, 1.82) is 0 Å². The van der Waals surface area contributed by atoms with Crippen molar-refractivity contribution in [1.82, 2.24) is 4.90 Å². The first-order chi connectivity index (χ1) is 35.9. The average molecular weight is 985 g/mol. The number of nitrogens with zero attached hydrogens (tertiary/aromatic N) is 2. The number of unbranched alkanes of at least 4 members (excludes halogenated alkanes) is 2. The van der Waals surface area contributed by atoms with Crippen LogP contribution in [0, 0.1) is 17.8 Å². The second-order valence-corrected chi connectivity index (χ2v) is 19.1.